The molecule has 1 aliphatic rings. The molecule has 0 atom stereocenters. The monoisotopic (exact) mass is 484 g/mol. The molecular weight excluding hydrogens is 456 g/mol. The van der Waals surface area contributed by atoms with Gasteiger partial charge in [-0.3, -0.25) is 9.89 Å². The number of hydrogen-bond acceptors (Lipinski definition) is 8. The van der Waals surface area contributed by atoms with Gasteiger partial charge < -0.3 is 25.2 Å². The predicted molar refractivity (Wildman–Crippen MR) is 142 cm³/mol. The van der Waals surface area contributed by atoms with E-state index in [2.05, 4.69) is 55.3 Å². The quantitative estimate of drug-likeness (QED) is 0.341. The number of H-pyrrole nitrogens is 1. The van der Waals surface area contributed by atoms with Gasteiger partial charge in [-0.2, -0.15) is 10.1 Å². The second-order valence-electron chi connectivity index (χ2n) is 8.60. The number of carbonyl (C=O) groups excluding carboxylic acids is 1. The summed E-state index contributed by atoms with van der Waals surface area (Å²) in [5.74, 6) is 0.979. The first kappa shape index (κ1) is 23.3. The number of ether oxygens (including phenoxy) is 1. The lowest BCUT2D eigenvalue weighted by molar-refractivity contribution is -0.111. The molecule has 1 saturated heterocycles. The number of benzene rings is 2. The van der Waals surface area contributed by atoms with Gasteiger partial charge >= 0.3 is 0 Å². The number of aromatic nitrogens is 4. The zero-order chi connectivity index (χ0) is 25.1. The molecule has 1 fully saturated rings. The highest BCUT2D eigenvalue weighted by atomic mass is 16.5. The first-order chi connectivity index (χ1) is 17.5. The maximum absolute atomic E-state index is 11.8. The molecule has 0 aliphatic carbocycles. The number of rotatable bonds is 7. The molecule has 4 aromatic rings. The van der Waals surface area contributed by atoms with Crippen LogP contribution in [0.4, 0.5) is 23.0 Å². The number of methoxy groups -OCH3 is 1. The van der Waals surface area contributed by atoms with E-state index in [0.717, 1.165) is 54.3 Å². The molecule has 3 N–H and O–H groups in total. The molecule has 184 valence electrons. The number of nitrogens with zero attached hydrogens (tertiary/aromatic N) is 5. The fourth-order valence-corrected chi connectivity index (χ4v) is 4.24. The van der Waals surface area contributed by atoms with Crippen molar-refractivity contribution in [3.63, 3.8) is 0 Å². The molecule has 10 heteroatoms. The average molecular weight is 485 g/mol. The summed E-state index contributed by atoms with van der Waals surface area (Å²) in [6, 6.07) is 13.4. The third-order valence-electron chi connectivity index (χ3n) is 6.18. The number of piperazine rings is 1. The van der Waals surface area contributed by atoms with Crippen molar-refractivity contribution < 1.29 is 9.53 Å². The Morgan fingerprint density at radius 3 is 2.72 bits per heavy atom. The third-order valence-corrected chi connectivity index (χ3v) is 6.18. The third kappa shape index (κ3) is 4.84. The second-order valence-corrected chi connectivity index (χ2v) is 8.60. The van der Waals surface area contributed by atoms with E-state index < -0.39 is 0 Å². The number of amides is 1. The number of carbonyl (C=O) groups is 1. The summed E-state index contributed by atoms with van der Waals surface area (Å²) in [6.45, 7) is 7.35. The van der Waals surface area contributed by atoms with Crippen LogP contribution in [-0.2, 0) is 4.79 Å². The Balaban J connectivity index is 1.48. The van der Waals surface area contributed by atoms with Crippen molar-refractivity contribution in [2.45, 2.75) is 0 Å². The summed E-state index contributed by atoms with van der Waals surface area (Å²) in [6.07, 6.45) is 2.93. The van der Waals surface area contributed by atoms with Gasteiger partial charge in [0.2, 0.25) is 11.9 Å². The zero-order valence-corrected chi connectivity index (χ0v) is 20.3. The van der Waals surface area contributed by atoms with Crippen LogP contribution in [-0.4, -0.2) is 71.3 Å². The van der Waals surface area contributed by atoms with E-state index in [4.69, 9.17) is 9.72 Å². The second kappa shape index (κ2) is 10.0. The highest BCUT2D eigenvalue weighted by Gasteiger charge is 2.19. The molecular formula is C26H28N8O2. The molecule has 10 nitrogen and oxygen atoms in total. The topological polar surface area (TPSA) is 111 Å². The molecule has 36 heavy (non-hydrogen) atoms. The molecule has 5 rings (SSSR count). The fourth-order valence-electron chi connectivity index (χ4n) is 4.24. The van der Waals surface area contributed by atoms with Crippen LogP contribution in [0.5, 0.6) is 5.75 Å². The summed E-state index contributed by atoms with van der Waals surface area (Å²) < 4.78 is 5.64. The number of hydrogen-bond donors (Lipinski definition) is 3. The molecule has 2 aromatic carbocycles. The summed E-state index contributed by atoms with van der Waals surface area (Å²) in [7, 11) is 3.82. The van der Waals surface area contributed by atoms with Crippen molar-refractivity contribution in [2.24, 2.45) is 0 Å². The number of fused-ring (bicyclic) bond motifs is 1. The fraction of sp³-hybridized carbons (Fsp3) is 0.231. The van der Waals surface area contributed by atoms with Gasteiger partial charge in [0, 0.05) is 43.1 Å². The maximum Gasteiger partial charge on any atom is 0.247 e. The van der Waals surface area contributed by atoms with Crippen LogP contribution in [0.25, 0.3) is 22.3 Å². The number of likely N-dealkylation sites (N-methyl/N-ethyl adjacent to an activating group) is 1. The van der Waals surface area contributed by atoms with Gasteiger partial charge in [-0.15, -0.1) is 0 Å². The summed E-state index contributed by atoms with van der Waals surface area (Å²) in [4.78, 5) is 25.8. The van der Waals surface area contributed by atoms with Gasteiger partial charge in [0.05, 0.1) is 30.1 Å². The molecule has 2 aromatic heterocycles. The highest BCUT2D eigenvalue weighted by molar-refractivity contribution is 5.99. The van der Waals surface area contributed by atoms with E-state index in [1.165, 1.54) is 6.08 Å². The van der Waals surface area contributed by atoms with Gasteiger partial charge in [-0.05, 0) is 43.5 Å². The van der Waals surface area contributed by atoms with Crippen LogP contribution in [0.1, 0.15) is 0 Å². The summed E-state index contributed by atoms with van der Waals surface area (Å²) in [5.41, 5.74) is 4.65. The molecule has 0 spiro atoms. The number of anilines is 4. The van der Waals surface area contributed by atoms with Crippen molar-refractivity contribution in [2.75, 3.05) is 55.9 Å². The zero-order valence-electron chi connectivity index (χ0n) is 20.3. The minimum Gasteiger partial charge on any atom is -0.495 e. The van der Waals surface area contributed by atoms with Crippen molar-refractivity contribution in [1.29, 1.82) is 0 Å². The van der Waals surface area contributed by atoms with Crippen molar-refractivity contribution in [1.82, 2.24) is 25.1 Å². The molecule has 1 amide bonds. The summed E-state index contributed by atoms with van der Waals surface area (Å²) in [5, 5.41) is 14.0. The Morgan fingerprint density at radius 1 is 1.11 bits per heavy atom. The van der Waals surface area contributed by atoms with Gasteiger partial charge in [-0.1, -0.05) is 18.7 Å². The van der Waals surface area contributed by atoms with Gasteiger partial charge in [0.1, 0.15) is 5.75 Å². The smallest absolute Gasteiger partial charge is 0.247 e. The summed E-state index contributed by atoms with van der Waals surface area (Å²) >= 11 is 0. The molecule has 0 saturated carbocycles. The average Bonchev–Trinajstić information content (AvgIpc) is 3.37. The van der Waals surface area contributed by atoms with Gasteiger partial charge in [0.15, 0.2) is 5.65 Å². The Labute approximate surface area is 209 Å². The van der Waals surface area contributed by atoms with Gasteiger partial charge in [0.25, 0.3) is 0 Å². The first-order valence-electron chi connectivity index (χ1n) is 11.7. The molecule has 1 aliphatic heterocycles. The molecule has 0 radical (unpaired) electrons. The Bertz CT molecular complexity index is 1410. The van der Waals surface area contributed by atoms with E-state index in [-0.39, 0.29) is 5.91 Å². The lowest BCUT2D eigenvalue weighted by Crippen LogP contribution is -2.44. The van der Waals surface area contributed by atoms with E-state index in [1.807, 2.05) is 36.4 Å². The lowest BCUT2D eigenvalue weighted by atomic mass is 10.1. The largest absolute Gasteiger partial charge is 0.495 e. The van der Waals surface area contributed by atoms with Crippen LogP contribution in [0.15, 0.2) is 61.3 Å². The van der Waals surface area contributed by atoms with Crippen LogP contribution >= 0.6 is 0 Å². The Hall–Kier alpha value is -4.44. The van der Waals surface area contributed by atoms with E-state index >= 15 is 0 Å². The van der Waals surface area contributed by atoms with Crippen molar-refractivity contribution >= 4 is 40.0 Å². The highest BCUT2D eigenvalue weighted by Crippen LogP contribution is 2.34. The molecule has 0 bridgehead atoms. The number of aromatic amines is 1. The number of nitrogens with one attached hydrogen (secondary N) is 3. The SMILES string of the molecule is C=CC(=O)Nc1cccc(-c2nc(Nc3ccc(OC)c(N4CCN(C)CC4)c3)nc3[nH]ncc23)c1. The van der Waals surface area contributed by atoms with Crippen molar-refractivity contribution in [3.05, 3.63) is 61.3 Å². The standard InChI is InChI=1S/C26H28N8O2/c1-4-23(35)28-18-7-5-6-17(14-18)24-20-16-27-32-25(20)31-26(30-24)29-19-8-9-22(36-3)21(15-19)34-12-10-33(2)11-13-34/h4-9,14-16H,1,10-13H2,2-3H3,(H,28,35)(H2,27,29,30,31,32). The van der Waals surface area contributed by atoms with Crippen molar-refractivity contribution in [3.8, 4) is 17.0 Å². The van der Waals surface area contributed by atoms with Gasteiger partial charge in [-0.25, -0.2) is 4.98 Å². The minimum absolute atomic E-state index is 0.277. The van der Waals surface area contributed by atoms with Crippen LogP contribution in [0.3, 0.4) is 0 Å². The minimum atomic E-state index is -0.277. The first-order valence-corrected chi connectivity index (χ1v) is 11.7. The Kier molecular flexibility index (Phi) is 6.50. The van der Waals surface area contributed by atoms with Crippen LogP contribution < -0.4 is 20.3 Å². The van der Waals surface area contributed by atoms with Crippen LogP contribution in [0, 0.1) is 0 Å². The van der Waals surface area contributed by atoms with E-state index in [1.54, 1.807) is 13.3 Å². The Morgan fingerprint density at radius 2 is 1.94 bits per heavy atom. The van der Waals surface area contributed by atoms with E-state index in [9.17, 15) is 4.79 Å². The maximum atomic E-state index is 11.8. The van der Waals surface area contributed by atoms with Crippen LogP contribution in [0.2, 0.25) is 0 Å². The van der Waals surface area contributed by atoms with E-state index in [0.29, 0.717) is 23.0 Å². The normalized spacial score (nSPS) is 14.0. The lowest BCUT2D eigenvalue weighted by Gasteiger charge is -2.34. The molecule has 0 unspecified atom stereocenters. The predicted octanol–water partition coefficient (Wildman–Crippen LogP) is 3.65. The molecule has 3 heterocycles.